The van der Waals surface area contributed by atoms with E-state index in [0.29, 0.717) is 0 Å². The fourth-order valence-corrected chi connectivity index (χ4v) is 1.55. The van der Waals surface area contributed by atoms with E-state index in [-0.39, 0.29) is 0 Å². The van der Waals surface area contributed by atoms with Gasteiger partial charge in [0.15, 0.2) is 0 Å². The third-order valence-electron chi connectivity index (χ3n) is 2.34. The first-order chi connectivity index (χ1) is 7.24. The smallest absolute Gasteiger partial charge is 0.0375 e. The minimum atomic E-state index is 0.920. The van der Waals surface area contributed by atoms with Crippen molar-refractivity contribution >= 4 is 5.69 Å². The lowest BCUT2D eigenvalue weighted by atomic mass is 10.1. The fourth-order valence-electron chi connectivity index (χ4n) is 1.55. The molecule has 1 heteroatoms. The molecule has 82 valence electrons. The third-order valence-corrected chi connectivity index (χ3v) is 2.34. The summed E-state index contributed by atoms with van der Waals surface area (Å²) in [5.41, 5.74) is 4.05. The van der Waals surface area contributed by atoms with Crippen LogP contribution in [0.25, 0.3) is 0 Å². The normalized spacial score (nSPS) is 9.80. The monoisotopic (exact) mass is 203 g/mol. The Kier molecular flexibility index (Phi) is 4.96. The molecular weight excluding hydrogens is 182 g/mol. The Labute approximate surface area is 93.2 Å². The predicted molar refractivity (Wildman–Crippen MR) is 68.4 cm³/mol. The van der Waals surface area contributed by atoms with Crippen LogP contribution in [-0.2, 0) is 6.42 Å². The van der Waals surface area contributed by atoms with Crippen LogP contribution in [0.15, 0.2) is 35.9 Å². The fraction of sp³-hybridized carbons (Fsp3) is 0.429. The van der Waals surface area contributed by atoms with Gasteiger partial charge in [-0.3, -0.25) is 0 Å². The Morgan fingerprint density at radius 2 is 2.00 bits per heavy atom. The largest absolute Gasteiger partial charge is 0.381 e. The zero-order valence-corrected chi connectivity index (χ0v) is 10.0. The number of nitrogens with one attached hydrogen (secondary N) is 1. The highest BCUT2D eigenvalue weighted by Crippen LogP contribution is 2.16. The van der Waals surface area contributed by atoms with Crippen molar-refractivity contribution in [3.63, 3.8) is 0 Å². The Morgan fingerprint density at radius 3 is 2.67 bits per heavy atom. The number of para-hydroxylation sites is 1. The molecule has 1 nitrogen and oxygen atoms in total. The Bertz CT molecular complexity index is 322. The molecule has 1 N–H and O–H groups in total. The first-order valence-corrected chi connectivity index (χ1v) is 5.69. The van der Waals surface area contributed by atoms with E-state index in [2.05, 4.69) is 56.4 Å². The Morgan fingerprint density at radius 1 is 1.27 bits per heavy atom. The second-order valence-electron chi connectivity index (χ2n) is 4.07. The van der Waals surface area contributed by atoms with Gasteiger partial charge in [0.25, 0.3) is 0 Å². The number of benzene rings is 1. The topological polar surface area (TPSA) is 12.0 Å². The minimum Gasteiger partial charge on any atom is -0.381 e. The second-order valence-corrected chi connectivity index (χ2v) is 4.07. The number of hydrogen-bond donors (Lipinski definition) is 1. The van der Waals surface area contributed by atoms with Crippen molar-refractivity contribution in [2.75, 3.05) is 11.9 Å². The average molecular weight is 203 g/mol. The van der Waals surface area contributed by atoms with Crippen molar-refractivity contribution in [3.8, 4) is 0 Å². The van der Waals surface area contributed by atoms with E-state index >= 15 is 0 Å². The molecule has 0 fully saturated rings. The number of aryl methyl sites for hydroxylation is 1. The lowest BCUT2D eigenvalue weighted by Crippen LogP contribution is -2.02. The number of hydrogen-bond acceptors (Lipinski definition) is 1. The maximum absolute atomic E-state index is 3.45. The lowest BCUT2D eigenvalue weighted by molar-refractivity contribution is 0.922. The predicted octanol–water partition coefficient (Wildman–Crippen LogP) is 4.02. The molecule has 0 heterocycles. The van der Waals surface area contributed by atoms with Crippen LogP contribution in [0.4, 0.5) is 5.69 Å². The van der Waals surface area contributed by atoms with Gasteiger partial charge in [-0.15, -0.1) is 0 Å². The van der Waals surface area contributed by atoms with Gasteiger partial charge in [-0.1, -0.05) is 43.2 Å². The molecule has 15 heavy (non-hydrogen) atoms. The maximum Gasteiger partial charge on any atom is 0.0375 e. The molecule has 0 amide bonds. The molecule has 0 unspecified atom stereocenters. The first kappa shape index (κ1) is 11.8. The highest BCUT2D eigenvalue weighted by Gasteiger charge is 1.98. The quantitative estimate of drug-likeness (QED) is 0.713. The summed E-state index contributed by atoms with van der Waals surface area (Å²) >= 11 is 0. The van der Waals surface area contributed by atoms with Crippen molar-refractivity contribution in [2.45, 2.75) is 33.6 Å². The summed E-state index contributed by atoms with van der Waals surface area (Å²) in [6, 6.07) is 8.55. The van der Waals surface area contributed by atoms with Crippen LogP contribution in [0.5, 0.6) is 0 Å². The van der Waals surface area contributed by atoms with Crippen molar-refractivity contribution in [3.05, 3.63) is 41.5 Å². The minimum absolute atomic E-state index is 0.920. The molecule has 0 spiro atoms. The van der Waals surface area contributed by atoms with E-state index < -0.39 is 0 Å². The van der Waals surface area contributed by atoms with Crippen molar-refractivity contribution < 1.29 is 0 Å². The zero-order valence-electron chi connectivity index (χ0n) is 10.0. The highest BCUT2D eigenvalue weighted by molar-refractivity contribution is 5.51. The van der Waals surface area contributed by atoms with E-state index in [1.807, 2.05) is 0 Å². The molecule has 1 rings (SSSR count). The van der Waals surface area contributed by atoms with E-state index in [1.54, 1.807) is 0 Å². The van der Waals surface area contributed by atoms with Crippen molar-refractivity contribution in [2.24, 2.45) is 0 Å². The summed E-state index contributed by atoms with van der Waals surface area (Å²) in [5, 5.41) is 3.45. The van der Waals surface area contributed by atoms with Crippen LogP contribution in [0.1, 0.15) is 32.8 Å². The molecule has 0 atom stereocenters. The zero-order chi connectivity index (χ0) is 11.1. The van der Waals surface area contributed by atoms with Gasteiger partial charge in [0, 0.05) is 12.2 Å². The number of anilines is 1. The van der Waals surface area contributed by atoms with Gasteiger partial charge in [0.2, 0.25) is 0 Å². The van der Waals surface area contributed by atoms with Gasteiger partial charge in [-0.2, -0.15) is 0 Å². The molecular formula is C14H21N. The molecule has 0 aromatic heterocycles. The molecule has 0 aliphatic carbocycles. The van der Waals surface area contributed by atoms with E-state index in [1.165, 1.54) is 23.2 Å². The standard InChI is InChI=1S/C14H21N/c1-4-7-13-8-5-6-9-14(13)15-11-10-12(2)3/h5-6,8-10,15H,4,7,11H2,1-3H3. The number of allylic oxidation sites excluding steroid dienone is 1. The summed E-state index contributed by atoms with van der Waals surface area (Å²) in [7, 11) is 0. The van der Waals surface area contributed by atoms with Crippen LogP contribution in [-0.4, -0.2) is 6.54 Å². The number of rotatable bonds is 5. The van der Waals surface area contributed by atoms with Crippen molar-refractivity contribution in [1.82, 2.24) is 0 Å². The van der Waals surface area contributed by atoms with Gasteiger partial charge in [0.05, 0.1) is 0 Å². The van der Waals surface area contributed by atoms with Crippen molar-refractivity contribution in [1.29, 1.82) is 0 Å². The van der Waals surface area contributed by atoms with E-state index in [0.717, 1.165) is 13.0 Å². The SMILES string of the molecule is CCCc1ccccc1NCC=C(C)C. The molecule has 0 bridgehead atoms. The first-order valence-electron chi connectivity index (χ1n) is 5.69. The summed E-state index contributed by atoms with van der Waals surface area (Å²) in [4.78, 5) is 0. The van der Waals surface area contributed by atoms with Gasteiger partial charge < -0.3 is 5.32 Å². The van der Waals surface area contributed by atoms with Crippen LogP contribution in [0, 0.1) is 0 Å². The summed E-state index contributed by atoms with van der Waals surface area (Å²) < 4.78 is 0. The van der Waals surface area contributed by atoms with Gasteiger partial charge in [0.1, 0.15) is 0 Å². The Hall–Kier alpha value is -1.24. The lowest BCUT2D eigenvalue weighted by Gasteiger charge is -2.09. The van der Waals surface area contributed by atoms with E-state index in [4.69, 9.17) is 0 Å². The summed E-state index contributed by atoms with van der Waals surface area (Å²) in [6.45, 7) is 7.38. The molecule has 0 radical (unpaired) electrons. The molecule has 0 saturated carbocycles. The molecule has 0 aliphatic heterocycles. The average Bonchev–Trinajstić information content (AvgIpc) is 2.20. The second kappa shape index (κ2) is 6.28. The highest BCUT2D eigenvalue weighted by atomic mass is 14.9. The van der Waals surface area contributed by atoms with E-state index in [9.17, 15) is 0 Å². The van der Waals surface area contributed by atoms with Gasteiger partial charge >= 0.3 is 0 Å². The molecule has 0 saturated heterocycles. The molecule has 1 aromatic rings. The van der Waals surface area contributed by atoms with Crippen LogP contribution in [0.3, 0.4) is 0 Å². The third kappa shape index (κ3) is 4.20. The summed E-state index contributed by atoms with van der Waals surface area (Å²) in [5.74, 6) is 0. The van der Waals surface area contributed by atoms with Crippen LogP contribution in [0.2, 0.25) is 0 Å². The Balaban J connectivity index is 2.63. The molecule has 0 aliphatic rings. The molecule has 1 aromatic carbocycles. The maximum atomic E-state index is 3.45. The van der Waals surface area contributed by atoms with Crippen LogP contribution >= 0.6 is 0 Å². The van der Waals surface area contributed by atoms with Gasteiger partial charge in [-0.25, -0.2) is 0 Å². The summed E-state index contributed by atoms with van der Waals surface area (Å²) in [6.07, 6.45) is 4.56. The van der Waals surface area contributed by atoms with Crippen LogP contribution < -0.4 is 5.32 Å². The van der Waals surface area contributed by atoms with Gasteiger partial charge in [-0.05, 0) is 31.9 Å².